The van der Waals surface area contributed by atoms with Gasteiger partial charge in [-0.3, -0.25) is 4.68 Å². The average Bonchev–Trinajstić information content (AvgIpc) is 2.64. The molecule has 0 radical (unpaired) electrons. The number of hydrogen-bond acceptors (Lipinski definition) is 3. The van der Waals surface area contributed by atoms with Crippen LogP contribution < -0.4 is 5.73 Å². The van der Waals surface area contributed by atoms with Crippen LogP contribution in [-0.2, 0) is 6.54 Å². The smallest absolute Gasteiger partial charge is 0.0823 e. The Morgan fingerprint density at radius 2 is 2.46 bits per heavy atom. The number of nitrogens with zero attached hydrogens (tertiary/aromatic N) is 2. The number of aromatic nitrogens is 2. The Bertz CT molecular complexity index is 369. The van der Waals surface area contributed by atoms with E-state index in [0.717, 1.165) is 17.9 Å². The lowest BCUT2D eigenvalue weighted by molar-refractivity contribution is 0.687. The van der Waals surface area contributed by atoms with Gasteiger partial charge in [0.2, 0.25) is 0 Å². The third-order valence-electron chi connectivity index (χ3n) is 1.88. The van der Waals surface area contributed by atoms with Crippen molar-refractivity contribution in [2.45, 2.75) is 13.5 Å². The zero-order valence-corrected chi connectivity index (χ0v) is 8.21. The predicted octanol–water partition coefficient (Wildman–Crippen LogP) is 1.88. The summed E-state index contributed by atoms with van der Waals surface area (Å²) < 4.78 is 1.87. The van der Waals surface area contributed by atoms with E-state index >= 15 is 0 Å². The molecule has 2 aromatic rings. The number of anilines is 1. The van der Waals surface area contributed by atoms with E-state index < -0.39 is 0 Å². The molecule has 2 N–H and O–H groups in total. The third-order valence-corrected chi connectivity index (χ3v) is 2.74. The lowest BCUT2D eigenvalue weighted by atomic mass is 10.4. The third kappa shape index (κ3) is 1.72. The molecule has 0 aromatic carbocycles. The zero-order chi connectivity index (χ0) is 9.26. The van der Waals surface area contributed by atoms with Crippen LogP contribution in [0.25, 0.3) is 0 Å². The second-order valence-electron chi connectivity index (χ2n) is 2.95. The van der Waals surface area contributed by atoms with Gasteiger partial charge in [0.15, 0.2) is 0 Å². The fraction of sp³-hybridized carbons (Fsp3) is 0.222. The molecular formula is C9H11N3S. The summed E-state index contributed by atoms with van der Waals surface area (Å²) in [6, 6.07) is 4.14. The maximum Gasteiger partial charge on any atom is 0.0823 e. The summed E-state index contributed by atoms with van der Waals surface area (Å²) in [6.07, 6.45) is 1.87. The number of rotatable bonds is 2. The normalized spacial score (nSPS) is 10.5. The van der Waals surface area contributed by atoms with Gasteiger partial charge in [-0.15, -0.1) is 11.3 Å². The van der Waals surface area contributed by atoms with E-state index in [2.05, 4.69) is 16.5 Å². The summed E-state index contributed by atoms with van der Waals surface area (Å²) in [6.45, 7) is 2.73. The van der Waals surface area contributed by atoms with Crippen LogP contribution in [-0.4, -0.2) is 9.78 Å². The van der Waals surface area contributed by atoms with Gasteiger partial charge in [0.1, 0.15) is 0 Å². The first-order chi connectivity index (χ1) is 6.25. The summed E-state index contributed by atoms with van der Waals surface area (Å²) in [7, 11) is 0. The predicted molar refractivity (Wildman–Crippen MR) is 54.8 cm³/mol. The number of hydrogen-bond donors (Lipinski definition) is 1. The molecule has 0 unspecified atom stereocenters. The Morgan fingerprint density at radius 1 is 1.62 bits per heavy atom. The summed E-state index contributed by atoms with van der Waals surface area (Å²) >= 11 is 1.73. The van der Waals surface area contributed by atoms with Crippen molar-refractivity contribution >= 4 is 17.0 Å². The highest BCUT2D eigenvalue weighted by atomic mass is 32.1. The maximum atomic E-state index is 5.69. The average molecular weight is 193 g/mol. The second-order valence-corrected chi connectivity index (χ2v) is 3.98. The van der Waals surface area contributed by atoms with Crippen molar-refractivity contribution < 1.29 is 0 Å². The molecule has 0 amide bonds. The van der Waals surface area contributed by atoms with Gasteiger partial charge in [-0.25, -0.2) is 0 Å². The lowest BCUT2D eigenvalue weighted by Gasteiger charge is -1.96. The van der Waals surface area contributed by atoms with E-state index in [-0.39, 0.29) is 0 Å². The van der Waals surface area contributed by atoms with Crippen molar-refractivity contribution in [3.8, 4) is 0 Å². The Morgan fingerprint density at radius 3 is 3.00 bits per heavy atom. The van der Waals surface area contributed by atoms with Crippen LogP contribution in [0.1, 0.15) is 10.6 Å². The second kappa shape index (κ2) is 3.22. The van der Waals surface area contributed by atoms with Crippen LogP contribution in [0.5, 0.6) is 0 Å². The van der Waals surface area contributed by atoms with Crippen LogP contribution >= 0.6 is 11.3 Å². The summed E-state index contributed by atoms with van der Waals surface area (Å²) in [5.41, 5.74) is 7.35. The minimum atomic E-state index is 0.761. The van der Waals surface area contributed by atoms with Crippen LogP contribution in [0, 0.1) is 6.92 Å². The van der Waals surface area contributed by atoms with Gasteiger partial charge in [0.05, 0.1) is 17.9 Å². The number of nitrogen functional groups attached to an aromatic ring is 1. The van der Waals surface area contributed by atoms with Gasteiger partial charge in [0, 0.05) is 11.1 Å². The van der Waals surface area contributed by atoms with Crippen LogP contribution in [0.2, 0.25) is 0 Å². The molecule has 0 aliphatic heterocycles. The van der Waals surface area contributed by atoms with Crippen LogP contribution in [0.3, 0.4) is 0 Å². The minimum Gasteiger partial charge on any atom is -0.396 e. The summed E-state index contributed by atoms with van der Waals surface area (Å²) in [4.78, 5) is 1.29. The molecule has 13 heavy (non-hydrogen) atoms. The molecule has 0 saturated carbocycles. The van der Waals surface area contributed by atoms with Crippen molar-refractivity contribution in [2.75, 3.05) is 5.73 Å². The monoisotopic (exact) mass is 193 g/mol. The van der Waals surface area contributed by atoms with E-state index in [1.807, 2.05) is 23.9 Å². The quantitative estimate of drug-likeness (QED) is 0.791. The first-order valence-corrected chi connectivity index (χ1v) is 4.95. The zero-order valence-electron chi connectivity index (χ0n) is 7.40. The number of aryl methyl sites for hydroxylation is 1. The molecule has 2 rings (SSSR count). The number of nitrogens with two attached hydrogens (primary N) is 1. The van der Waals surface area contributed by atoms with Gasteiger partial charge in [-0.1, -0.05) is 6.07 Å². The summed E-state index contributed by atoms with van der Waals surface area (Å²) in [5, 5.41) is 6.35. The fourth-order valence-electron chi connectivity index (χ4n) is 1.18. The molecule has 0 bridgehead atoms. The van der Waals surface area contributed by atoms with E-state index in [1.165, 1.54) is 4.88 Å². The van der Waals surface area contributed by atoms with Crippen molar-refractivity contribution in [3.63, 3.8) is 0 Å². The minimum absolute atomic E-state index is 0.761. The maximum absolute atomic E-state index is 5.69. The Kier molecular flexibility index (Phi) is 2.06. The first kappa shape index (κ1) is 8.31. The van der Waals surface area contributed by atoms with Crippen molar-refractivity contribution in [3.05, 3.63) is 34.3 Å². The molecule has 3 nitrogen and oxygen atoms in total. The fourth-order valence-corrected chi connectivity index (χ4v) is 1.87. The van der Waals surface area contributed by atoms with Gasteiger partial charge >= 0.3 is 0 Å². The number of thiophene rings is 1. The topological polar surface area (TPSA) is 43.8 Å². The molecule has 2 heterocycles. The molecular weight excluding hydrogens is 182 g/mol. The first-order valence-electron chi connectivity index (χ1n) is 4.07. The van der Waals surface area contributed by atoms with Crippen LogP contribution in [0.15, 0.2) is 23.7 Å². The highest BCUT2D eigenvalue weighted by molar-refractivity contribution is 7.09. The van der Waals surface area contributed by atoms with Crippen molar-refractivity contribution in [1.82, 2.24) is 9.78 Å². The molecule has 0 aliphatic carbocycles. The Labute approximate surface area is 80.8 Å². The Balaban J connectivity index is 2.19. The van der Waals surface area contributed by atoms with Crippen molar-refractivity contribution in [1.29, 1.82) is 0 Å². The van der Waals surface area contributed by atoms with E-state index in [0.29, 0.717) is 0 Å². The van der Waals surface area contributed by atoms with E-state index in [4.69, 9.17) is 5.73 Å². The SMILES string of the molecule is Cc1nn(Cc2cccs2)cc1N. The molecule has 0 atom stereocenters. The molecule has 2 aromatic heterocycles. The van der Waals surface area contributed by atoms with Gasteiger partial charge < -0.3 is 5.73 Å². The molecule has 68 valence electrons. The molecule has 0 aliphatic rings. The highest BCUT2D eigenvalue weighted by Crippen LogP contribution is 2.12. The molecule has 0 saturated heterocycles. The Hall–Kier alpha value is -1.29. The van der Waals surface area contributed by atoms with Crippen LogP contribution in [0.4, 0.5) is 5.69 Å². The van der Waals surface area contributed by atoms with Gasteiger partial charge in [-0.05, 0) is 18.4 Å². The molecule has 4 heteroatoms. The molecule has 0 spiro atoms. The van der Waals surface area contributed by atoms with Gasteiger partial charge in [-0.2, -0.15) is 5.10 Å². The lowest BCUT2D eigenvalue weighted by Crippen LogP contribution is -1.98. The molecule has 0 fully saturated rings. The van der Waals surface area contributed by atoms with Gasteiger partial charge in [0.25, 0.3) is 0 Å². The van der Waals surface area contributed by atoms with E-state index in [1.54, 1.807) is 11.3 Å². The van der Waals surface area contributed by atoms with E-state index in [9.17, 15) is 0 Å². The van der Waals surface area contributed by atoms with Crippen molar-refractivity contribution in [2.24, 2.45) is 0 Å². The largest absolute Gasteiger partial charge is 0.396 e. The summed E-state index contributed by atoms with van der Waals surface area (Å²) in [5.74, 6) is 0. The standard InChI is InChI=1S/C9H11N3S/c1-7-9(10)6-12(11-7)5-8-3-2-4-13-8/h2-4,6H,5,10H2,1H3. The highest BCUT2D eigenvalue weighted by Gasteiger charge is 2.01.